The van der Waals surface area contributed by atoms with Gasteiger partial charge in [0.05, 0.1) is 41.1 Å². The Morgan fingerprint density at radius 2 is 1.87 bits per heavy atom. The van der Waals surface area contributed by atoms with Gasteiger partial charge in [-0.15, -0.1) is 0 Å². The van der Waals surface area contributed by atoms with Crippen LogP contribution in [0.25, 0.3) is 22.4 Å². The average molecular weight is 663 g/mol. The summed E-state index contributed by atoms with van der Waals surface area (Å²) in [6.45, 7) is 9.66. The summed E-state index contributed by atoms with van der Waals surface area (Å²) in [5.41, 5.74) is -0.159. The molecule has 1 fully saturated rings. The van der Waals surface area contributed by atoms with Crippen molar-refractivity contribution in [2.24, 2.45) is 0 Å². The van der Waals surface area contributed by atoms with Gasteiger partial charge < -0.3 is 29.4 Å². The van der Waals surface area contributed by atoms with E-state index in [9.17, 15) is 22.8 Å². The Bertz CT molecular complexity index is 1750. The molecule has 47 heavy (non-hydrogen) atoms. The Morgan fingerprint density at radius 3 is 2.53 bits per heavy atom. The maximum Gasteiger partial charge on any atom is 0.410 e. The fourth-order valence-corrected chi connectivity index (χ4v) is 5.19. The van der Waals surface area contributed by atoms with Crippen molar-refractivity contribution in [3.8, 4) is 11.5 Å². The van der Waals surface area contributed by atoms with Crippen LogP contribution in [0.2, 0.25) is 0 Å². The molecule has 4 aromatic rings. The highest BCUT2D eigenvalue weighted by Crippen LogP contribution is 2.35. The maximum atomic E-state index is 15.1. The Kier molecular flexibility index (Phi) is 8.99. The fourth-order valence-electron chi connectivity index (χ4n) is 5.19. The van der Waals surface area contributed by atoms with E-state index in [-0.39, 0.29) is 54.5 Å². The van der Waals surface area contributed by atoms with Crippen LogP contribution in [0.1, 0.15) is 64.2 Å². The number of halogens is 4. The fraction of sp³-hybridized carbons (Fsp3) is 0.516. The lowest BCUT2D eigenvalue weighted by atomic mass is 10.0. The molecule has 0 radical (unpaired) electrons. The number of carbonyl (C=O) groups is 2. The monoisotopic (exact) mass is 662 g/mol. The van der Waals surface area contributed by atoms with Gasteiger partial charge >= 0.3 is 12.3 Å². The molecule has 0 spiro atoms. The number of ether oxygens (including phenoxy) is 1. The smallest absolute Gasteiger partial charge is 0.410 e. The topological polar surface area (TPSA) is 132 Å². The lowest BCUT2D eigenvalue weighted by Gasteiger charge is -2.36. The summed E-state index contributed by atoms with van der Waals surface area (Å²) >= 11 is 0. The molecule has 0 aliphatic carbocycles. The van der Waals surface area contributed by atoms with Crippen molar-refractivity contribution >= 4 is 28.6 Å². The van der Waals surface area contributed by atoms with Crippen LogP contribution in [0.15, 0.2) is 41.2 Å². The first-order valence-corrected chi connectivity index (χ1v) is 15.1. The number of alkyl halides is 4. The lowest BCUT2D eigenvalue weighted by molar-refractivity contribution is -0.139. The zero-order valence-electron chi connectivity index (χ0n) is 27.0. The standard InChI is InChI=1S/C31H38F4N8O4/c1-29(2,3)43-15-18(13-37-43)27(44)36-14-25-39-26(40-47-25)24-12-19-21(8-7-9-23(19)42(24)17-31(33,34)35)38-22-16-41(11-10-20(22)32)28(45)46-30(4,5)6/h7-9,12-13,15,20,22,38H,10-11,14,16-17H2,1-6H3,(H,36,44)/t20-,22+/m0/s1. The summed E-state index contributed by atoms with van der Waals surface area (Å²) in [5.74, 6) is -0.594. The molecule has 1 aromatic carbocycles. The number of aromatic nitrogens is 5. The number of anilines is 1. The van der Waals surface area contributed by atoms with E-state index in [0.29, 0.717) is 16.6 Å². The highest BCUT2D eigenvalue weighted by atomic mass is 19.4. The van der Waals surface area contributed by atoms with Gasteiger partial charge in [0.15, 0.2) is 0 Å². The van der Waals surface area contributed by atoms with Gasteiger partial charge in [0, 0.05) is 30.4 Å². The van der Waals surface area contributed by atoms with Gasteiger partial charge in [0.1, 0.15) is 18.3 Å². The van der Waals surface area contributed by atoms with Crippen LogP contribution >= 0.6 is 0 Å². The third-order valence-electron chi connectivity index (χ3n) is 7.43. The van der Waals surface area contributed by atoms with E-state index in [1.165, 1.54) is 23.2 Å². The first-order chi connectivity index (χ1) is 21.9. The predicted molar refractivity (Wildman–Crippen MR) is 164 cm³/mol. The van der Waals surface area contributed by atoms with Gasteiger partial charge in [-0.3, -0.25) is 9.48 Å². The summed E-state index contributed by atoms with van der Waals surface area (Å²) in [5, 5.41) is 14.2. The summed E-state index contributed by atoms with van der Waals surface area (Å²) in [4.78, 5) is 31.0. The van der Waals surface area contributed by atoms with Crippen molar-refractivity contribution < 1.29 is 36.4 Å². The second-order valence-corrected chi connectivity index (χ2v) is 13.5. The zero-order chi connectivity index (χ0) is 34.3. The SMILES string of the molecule is CC(C)(C)OC(=O)N1CC[C@H](F)[C@H](Nc2cccc3c2cc(-c2noc(CNC(=O)c4cnn(C(C)(C)C)c4)n2)n3CC(F)(F)F)C1. The average Bonchev–Trinajstić information content (AvgIpc) is 3.71. The number of hydrogen-bond donors (Lipinski definition) is 2. The summed E-state index contributed by atoms with van der Waals surface area (Å²) in [7, 11) is 0. The molecule has 3 aromatic heterocycles. The minimum Gasteiger partial charge on any atom is -0.444 e. The number of carbonyl (C=O) groups excluding carboxylic acids is 2. The normalized spacial score (nSPS) is 17.6. The van der Waals surface area contributed by atoms with E-state index in [1.807, 2.05) is 20.8 Å². The molecule has 16 heteroatoms. The molecule has 0 saturated carbocycles. The van der Waals surface area contributed by atoms with Crippen molar-refractivity contribution in [1.29, 1.82) is 0 Å². The number of rotatable bonds is 7. The molecule has 12 nitrogen and oxygen atoms in total. The number of nitrogens with zero attached hydrogens (tertiary/aromatic N) is 6. The maximum absolute atomic E-state index is 15.1. The van der Waals surface area contributed by atoms with Gasteiger partial charge in [0.25, 0.3) is 5.91 Å². The third-order valence-corrected chi connectivity index (χ3v) is 7.43. The molecule has 2 N–H and O–H groups in total. The largest absolute Gasteiger partial charge is 0.444 e. The van der Waals surface area contributed by atoms with Crippen LogP contribution in [-0.4, -0.2) is 78.5 Å². The van der Waals surface area contributed by atoms with Crippen LogP contribution in [0.5, 0.6) is 0 Å². The molecule has 5 rings (SSSR count). The minimum absolute atomic E-state index is 0.000497. The molecule has 254 valence electrons. The second kappa shape index (κ2) is 12.5. The second-order valence-electron chi connectivity index (χ2n) is 13.5. The molecule has 0 bridgehead atoms. The van der Waals surface area contributed by atoms with Crippen LogP contribution < -0.4 is 10.6 Å². The van der Waals surface area contributed by atoms with Gasteiger partial charge in [-0.25, -0.2) is 9.18 Å². The van der Waals surface area contributed by atoms with Gasteiger partial charge in [0.2, 0.25) is 11.7 Å². The first-order valence-electron chi connectivity index (χ1n) is 15.1. The molecule has 0 unspecified atom stereocenters. The molecule has 1 saturated heterocycles. The Labute approximate surface area is 268 Å². The van der Waals surface area contributed by atoms with Crippen molar-refractivity contribution in [2.75, 3.05) is 18.4 Å². The summed E-state index contributed by atoms with van der Waals surface area (Å²) in [6.07, 6.45) is -3.40. The van der Waals surface area contributed by atoms with Crippen LogP contribution in [0.4, 0.5) is 28.0 Å². The van der Waals surface area contributed by atoms with Crippen molar-refractivity contribution in [2.45, 2.75) is 90.6 Å². The van der Waals surface area contributed by atoms with Gasteiger partial charge in [-0.1, -0.05) is 11.2 Å². The van der Waals surface area contributed by atoms with Crippen molar-refractivity contribution in [3.63, 3.8) is 0 Å². The molecule has 1 aliphatic rings. The predicted octanol–water partition coefficient (Wildman–Crippen LogP) is 5.89. The Hall–Kier alpha value is -4.63. The molecular formula is C31H38F4N8O4. The third kappa shape index (κ3) is 8.03. The van der Waals surface area contributed by atoms with E-state index in [1.54, 1.807) is 43.8 Å². The molecule has 2 atom stereocenters. The number of fused-ring (bicyclic) bond motifs is 1. The number of benzene rings is 1. The van der Waals surface area contributed by atoms with E-state index in [0.717, 1.165) is 4.57 Å². The molecule has 2 amide bonds. The van der Waals surface area contributed by atoms with Gasteiger partial charge in [-0.05, 0) is 66.2 Å². The summed E-state index contributed by atoms with van der Waals surface area (Å²) < 4.78 is 69.9. The highest BCUT2D eigenvalue weighted by molar-refractivity contribution is 5.96. The number of likely N-dealkylation sites (tertiary alicyclic amines) is 1. The minimum atomic E-state index is -4.59. The number of amides is 2. The van der Waals surface area contributed by atoms with Gasteiger partial charge in [-0.2, -0.15) is 23.3 Å². The summed E-state index contributed by atoms with van der Waals surface area (Å²) in [6, 6.07) is 5.33. The van der Waals surface area contributed by atoms with Crippen LogP contribution in [0.3, 0.4) is 0 Å². The molecular weight excluding hydrogens is 624 g/mol. The number of hydrogen-bond acceptors (Lipinski definition) is 8. The highest BCUT2D eigenvalue weighted by Gasteiger charge is 2.35. The lowest BCUT2D eigenvalue weighted by Crippen LogP contribution is -2.51. The van der Waals surface area contributed by atoms with Crippen molar-refractivity contribution in [3.05, 3.63) is 48.1 Å². The van der Waals surface area contributed by atoms with E-state index in [4.69, 9.17) is 9.26 Å². The zero-order valence-corrected chi connectivity index (χ0v) is 27.0. The Morgan fingerprint density at radius 1 is 1.13 bits per heavy atom. The quantitative estimate of drug-likeness (QED) is 0.234. The molecule has 1 aliphatic heterocycles. The van der Waals surface area contributed by atoms with Crippen LogP contribution in [0, 0.1) is 0 Å². The van der Waals surface area contributed by atoms with E-state index in [2.05, 4.69) is 25.9 Å². The molecule has 4 heterocycles. The number of nitrogens with one attached hydrogen (secondary N) is 2. The Balaban J connectivity index is 1.39. The van der Waals surface area contributed by atoms with E-state index >= 15 is 4.39 Å². The van der Waals surface area contributed by atoms with Crippen LogP contribution in [-0.2, 0) is 23.4 Å². The van der Waals surface area contributed by atoms with Crippen molar-refractivity contribution in [1.82, 2.24) is 34.7 Å². The van der Waals surface area contributed by atoms with E-state index < -0.39 is 42.5 Å². The first kappa shape index (κ1) is 33.7. The number of piperidine rings is 1.